The summed E-state index contributed by atoms with van der Waals surface area (Å²) in [5, 5.41) is 42.5. The molecule has 0 aliphatic heterocycles. The summed E-state index contributed by atoms with van der Waals surface area (Å²) in [7, 11) is 0. The molecule has 1 rings (SSSR count). The Morgan fingerprint density at radius 3 is 1.23 bits per heavy atom. The van der Waals surface area contributed by atoms with Crippen LogP contribution in [0.4, 0.5) is 0 Å². The molecule has 4 unspecified atom stereocenters. The van der Waals surface area contributed by atoms with Crippen LogP contribution in [-0.2, 0) is 41.6 Å². The number of aliphatic hydroxyl groups is 4. The zero-order valence-corrected chi connectivity index (χ0v) is 29.5. The first-order chi connectivity index (χ1) is 22.8. The van der Waals surface area contributed by atoms with Gasteiger partial charge >= 0.3 is 11.9 Å². The van der Waals surface area contributed by atoms with Gasteiger partial charge in [-0.25, -0.2) is 9.59 Å². The molecule has 0 amide bonds. The Kier molecular flexibility index (Phi) is 22.9. The molecule has 4 N–H and O–H groups in total. The third-order valence-corrected chi connectivity index (χ3v) is 7.13. The van der Waals surface area contributed by atoms with Gasteiger partial charge in [0.05, 0.1) is 25.4 Å². The van der Waals surface area contributed by atoms with Crippen molar-refractivity contribution >= 4 is 11.9 Å². The van der Waals surface area contributed by atoms with Gasteiger partial charge < -0.3 is 39.4 Å². The molecule has 0 heterocycles. The Hall–Kier alpha value is -2.68. The van der Waals surface area contributed by atoms with E-state index in [2.05, 4.69) is 27.0 Å². The summed E-state index contributed by atoms with van der Waals surface area (Å²) in [5.41, 5.74) is 2.33. The number of rotatable bonds is 28. The third-order valence-electron chi connectivity index (χ3n) is 7.13. The Morgan fingerprint density at radius 2 is 0.938 bits per heavy atom. The van der Waals surface area contributed by atoms with Crippen LogP contribution in [0.1, 0.15) is 64.5 Å². The zero-order chi connectivity index (χ0) is 35.9. The summed E-state index contributed by atoms with van der Waals surface area (Å²) in [4.78, 5) is 27.3. The van der Waals surface area contributed by atoms with E-state index in [-0.39, 0.29) is 63.8 Å². The third kappa shape index (κ3) is 20.6. The number of benzene rings is 1. The number of nitrogens with zero attached hydrogens (tertiary/aromatic N) is 2. The second-order valence-corrected chi connectivity index (χ2v) is 12.4. The lowest BCUT2D eigenvalue weighted by molar-refractivity contribution is -0.143. The first-order valence-corrected chi connectivity index (χ1v) is 16.9. The normalized spacial score (nSPS) is 14.0. The van der Waals surface area contributed by atoms with Gasteiger partial charge in [-0.2, -0.15) is 0 Å². The maximum absolute atomic E-state index is 11.8. The summed E-state index contributed by atoms with van der Waals surface area (Å²) in [6.07, 6.45) is 0.271. The van der Waals surface area contributed by atoms with E-state index >= 15 is 0 Å². The van der Waals surface area contributed by atoms with Crippen LogP contribution in [0, 0.1) is 0 Å². The fraction of sp³-hybridized carbons (Fsp3) is 0.667. The largest absolute Gasteiger partial charge is 0.460 e. The molecule has 0 saturated heterocycles. The second kappa shape index (κ2) is 25.3. The molecule has 0 saturated carbocycles. The summed E-state index contributed by atoms with van der Waals surface area (Å²) in [6, 6.07) is 7.75. The van der Waals surface area contributed by atoms with Gasteiger partial charge in [0.1, 0.15) is 25.4 Å². The van der Waals surface area contributed by atoms with Crippen LogP contribution in [0.15, 0.2) is 48.6 Å². The van der Waals surface area contributed by atoms with Crippen molar-refractivity contribution < 1.29 is 49.0 Å². The number of esters is 2. The molecule has 4 atom stereocenters. The van der Waals surface area contributed by atoms with Crippen LogP contribution in [-0.4, -0.2) is 132 Å². The van der Waals surface area contributed by atoms with Crippen molar-refractivity contribution in [3.05, 3.63) is 59.7 Å². The van der Waals surface area contributed by atoms with Crippen molar-refractivity contribution in [3.63, 3.8) is 0 Å². The minimum atomic E-state index is -0.979. The van der Waals surface area contributed by atoms with Gasteiger partial charge in [-0.15, -0.1) is 0 Å². The molecule has 1 aromatic rings. The Morgan fingerprint density at radius 1 is 0.625 bits per heavy atom. The molecule has 274 valence electrons. The smallest absolute Gasteiger partial charge is 0.333 e. The van der Waals surface area contributed by atoms with Crippen molar-refractivity contribution in [1.82, 2.24) is 9.80 Å². The minimum Gasteiger partial charge on any atom is -0.460 e. The summed E-state index contributed by atoms with van der Waals surface area (Å²) in [6.45, 7) is 16.9. The predicted molar refractivity (Wildman–Crippen MR) is 184 cm³/mol. The molecule has 0 aliphatic carbocycles. The zero-order valence-electron chi connectivity index (χ0n) is 29.5. The van der Waals surface area contributed by atoms with Crippen molar-refractivity contribution in [3.8, 4) is 0 Å². The highest BCUT2D eigenvalue weighted by Gasteiger charge is 2.20. The highest BCUT2D eigenvalue weighted by Crippen LogP contribution is 2.13. The number of carbonyl (C=O) groups is 2. The monoisotopic (exact) mass is 680 g/mol. The van der Waals surface area contributed by atoms with Crippen LogP contribution in [0.25, 0.3) is 0 Å². The average Bonchev–Trinajstić information content (AvgIpc) is 3.03. The number of ether oxygens (including phenoxy) is 4. The number of unbranched alkanes of at least 4 members (excludes halogenated alkanes) is 2. The molecule has 0 aliphatic rings. The Balaban J connectivity index is 2.95. The summed E-state index contributed by atoms with van der Waals surface area (Å²) in [5.74, 6) is -1.15. The minimum absolute atomic E-state index is 0.150. The van der Waals surface area contributed by atoms with E-state index < -0.39 is 36.4 Å². The van der Waals surface area contributed by atoms with Gasteiger partial charge in [0.25, 0.3) is 0 Å². The van der Waals surface area contributed by atoms with Crippen LogP contribution < -0.4 is 0 Å². The van der Waals surface area contributed by atoms with Crippen molar-refractivity contribution in [2.45, 2.75) is 90.9 Å². The van der Waals surface area contributed by atoms with Gasteiger partial charge in [0.2, 0.25) is 0 Å². The van der Waals surface area contributed by atoms with Crippen LogP contribution >= 0.6 is 0 Å². The highest BCUT2D eigenvalue weighted by molar-refractivity contribution is 5.87. The van der Waals surface area contributed by atoms with E-state index in [0.29, 0.717) is 26.3 Å². The lowest BCUT2D eigenvalue weighted by Gasteiger charge is -2.28. The molecular formula is C36H60N2O10. The van der Waals surface area contributed by atoms with Crippen LogP contribution in [0.2, 0.25) is 0 Å². The van der Waals surface area contributed by atoms with Crippen LogP contribution in [0.5, 0.6) is 0 Å². The maximum Gasteiger partial charge on any atom is 0.333 e. The molecule has 0 fully saturated rings. The van der Waals surface area contributed by atoms with Gasteiger partial charge in [-0.3, -0.25) is 9.80 Å². The van der Waals surface area contributed by atoms with Gasteiger partial charge in [-0.05, 0) is 37.8 Å². The average molecular weight is 681 g/mol. The highest BCUT2D eigenvalue weighted by atomic mass is 16.5. The summed E-state index contributed by atoms with van der Waals surface area (Å²) < 4.78 is 21.4. The molecule has 0 radical (unpaired) electrons. The molecule has 0 spiro atoms. The van der Waals surface area contributed by atoms with Crippen LogP contribution in [0.3, 0.4) is 0 Å². The fourth-order valence-corrected chi connectivity index (χ4v) is 4.60. The fourth-order valence-electron chi connectivity index (χ4n) is 4.60. The van der Waals surface area contributed by atoms with Crippen molar-refractivity contribution in [2.24, 2.45) is 0 Å². The number of hydrogen-bond acceptors (Lipinski definition) is 12. The first kappa shape index (κ1) is 43.3. The SMILES string of the molecule is C=C(C)C(=O)OCC(O)CN(Cc1ccc(CN(CC(O)COCCCC)CC(O)COC(=O)C(=C)C)cc1)CC(O)COCCCC. The molecule has 0 bridgehead atoms. The van der Waals surface area contributed by atoms with E-state index in [9.17, 15) is 30.0 Å². The molecular weight excluding hydrogens is 620 g/mol. The van der Waals surface area contributed by atoms with E-state index in [1.807, 2.05) is 34.1 Å². The first-order valence-electron chi connectivity index (χ1n) is 16.9. The van der Waals surface area contributed by atoms with Crippen molar-refractivity contribution in [1.29, 1.82) is 0 Å². The lowest BCUT2D eigenvalue weighted by atomic mass is 10.1. The molecule has 0 aromatic heterocycles. The molecule has 1 aromatic carbocycles. The topological polar surface area (TPSA) is 158 Å². The number of carbonyl (C=O) groups excluding carboxylic acids is 2. The number of aliphatic hydroxyl groups excluding tert-OH is 4. The van der Waals surface area contributed by atoms with E-state index in [0.717, 1.165) is 36.8 Å². The number of hydrogen-bond donors (Lipinski definition) is 4. The van der Waals surface area contributed by atoms with E-state index in [4.69, 9.17) is 18.9 Å². The van der Waals surface area contributed by atoms with Crippen molar-refractivity contribution in [2.75, 3.05) is 65.8 Å². The molecule has 48 heavy (non-hydrogen) atoms. The second-order valence-electron chi connectivity index (χ2n) is 12.4. The standard InChI is InChI=1S/C36H60N2O10/c1-7-9-15-45-23-31(39)19-37(21-33(41)25-47-35(43)27(3)4)17-29-11-13-30(14-12-29)18-38(20-32(40)24-46-16-10-8-2)22-34(42)26-48-36(44)28(5)6/h11-14,31-34,39-42H,3,5,7-10,15-26H2,1-2,4,6H3. The van der Waals surface area contributed by atoms with Gasteiger partial charge in [-0.1, -0.05) is 64.1 Å². The molecule has 12 nitrogen and oxygen atoms in total. The predicted octanol–water partition coefficient (Wildman–Crippen LogP) is 2.61. The molecule has 12 heteroatoms. The summed E-state index contributed by atoms with van der Waals surface area (Å²) >= 11 is 0. The quantitative estimate of drug-likeness (QED) is 0.0584. The maximum atomic E-state index is 11.8. The van der Waals surface area contributed by atoms with E-state index in [1.165, 1.54) is 13.8 Å². The van der Waals surface area contributed by atoms with Gasteiger partial charge in [0.15, 0.2) is 0 Å². The van der Waals surface area contributed by atoms with E-state index in [1.54, 1.807) is 0 Å². The van der Waals surface area contributed by atoms with Gasteiger partial charge in [0, 0.05) is 63.6 Å². The lowest BCUT2D eigenvalue weighted by Crippen LogP contribution is -2.41. The Labute approximate surface area is 286 Å². The Bertz CT molecular complexity index is 984.